The molecular weight excluding hydrogens is 266 g/mol. The summed E-state index contributed by atoms with van der Waals surface area (Å²) in [6.45, 7) is 3.23. The molecule has 0 saturated heterocycles. The van der Waals surface area contributed by atoms with E-state index < -0.39 is 43.3 Å². The summed E-state index contributed by atoms with van der Waals surface area (Å²) in [5, 5.41) is 0. The van der Waals surface area contributed by atoms with Crippen LogP contribution in [0.5, 0.6) is 0 Å². The molecular formula is C11H16F2O6. The van der Waals surface area contributed by atoms with E-state index in [1.165, 1.54) is 0 Å². The van der Waals surface area contributed by atoms with Gasteiger partial charge in [-0.25, -0.2) is 18.4 Å². The maximum absolute atomic E-state index is 13.3. The van der Waals surface area contributed by atoms with Crippen molar-refractivity contribution < 1.29 is 37.3 Å². The Labute approximate surface area is 108 Å². The number of hydrogen-bond donors (Lipinski definition) is 0. The van der Waals surface area contributed by atoms with E-state index in [0.29, 0.717) is 0 Å². The van der Waals surface area contributed by atoms with Crippen molar-refractivity contribution in [3.05, 3.63) is 0 Å². The maximum Gasteiger partial charge on any atom is 0.508 e. The van der Waals surface area contributed by atoms with E-state index >= 15 is 0 Å². The zero-order valence-corrected chi connectivity index (χ0v) is 10.7. The van der Waals surface area contributed by atoms with Crippen LogP contribution < -0.4 is 0 Å². The Kier molecular flexibility index (Phi) is 5.31. The van der Waals surface area contributed by atoms with E-state index in [1.807, 2.05) is 0 Å². The summed E-state index contributed by atoms with van der Waals surface area (Å²) in [5.41, 5.74) is 0. The summed E-state index contributed by atoms with van der Waals surface area (Å²) in [7, 11) is 0. The zero-order valence-electron chi connectivity index (χ0n) is 10.7. The van der Waals surface area contributed by atoms with Crippen molar-refractivity contribution in [2.24, 2.45) is 0 Å². The van der Waals surface area contributed by atoms with Crippen LogP contribution in [0.1, 0.15) is 26.7 Å². The number of alkyl halides is 2. The maximum atomic E-state index is 13.3. The van der Waals surface area contributed by atoms with Gasteiger partial charge >= 0.3 is 12.3 Å². The van der Waals surface area contributed by atoms with Gasteiger partial charge in [-0.2, -0.15) is 0 Å². The van der Waals surface area contributed by atoms with Gasteiger partial charge in [-0.05, 0) is 13.8 Å². The number of ether oxygens (including phenoxy) is 4. The highest BCUT2D eigenvalue weighted by Crippen LogP contribution is 2.38. The summed E-state index contributed by atoms with van der Waals surface area (Å²) in [6.07, 6.45) is -6.03. The number of rotatable bonds is 4. The molecule has 2 unspecified atom stereocenters. The molecule has 0 spiro atoms. The largest absolute Gasteiger partial charge is 0.508 e. The first-order valence-electron chi connectivity index (χ1n) is 5.92. The molecule has 1 saturated carbocycles. The van der Waals surface area contributed by atoms with Crippen molar-refractivity contribution in [1.29, 1.82) is 0 Å². The Bertz CT molecular complexity index is 303. The second-order valence-electron chi connectivity index (χ2n) is 3.94. The molecule has 0 heterocycles. The highest BCUT2D eigenvalue weighted by molar-refractivity contribution is 5.61. The lowest BCUT2D eigenvalue weighted by Gasteiger charge is -2.18. The van der Waals surface area contributed by atoms with Crippen LogP contribution in [0.25, 0.3) is 0 Å². The Morgan fingerprint density at radius 1 is 1.00 bits per heavy atom. The minimum atomic E-state index is -3.06. The molecule has 0 aromatic heterocycles. The summed E-state index contributed by atoms with van der Waals surface area (Å²) in [4.78, 5) is 22.2. The monoisotopic (exact) mass is 282 g/mol. The van der Waals surface area contributed by atoms with Crippen molar-refractivity contribution in [2.75, 3.05) is 13.2 Å². The molecule has 6 nitrogen and oxygen atoms in total. The lowest BCUT2D eigenvalue weighted by atomic mass is 10.2. The van der Waals surface area contributed by atoms with Gasteiger partial charge in [0.2, 0.25) is 0 Å². The van der Waals surface area contributed by atoms with Crippen LogP contribution in [-0.4, -0.2) is 43.7 Å². The molecule has 0 aromatic rings. The molecule has 110 valence electrons. The predicted molar refractivity (Wildman–Crippen MR) is 58.0 cm³/mol. The normalized spacial score (nSPS) is 24.6. The number of carbonyl (C=O) groups is 2. The Morgan fingerprint density at radius 2 is 1.37 bits per heavy atom. The highest BCUT2D eigenvalue weighted by atomic mass is 19.3. The summed E-state index contributed by atoms with van der Waals surface area (Å²) >= 11 is 0. The summed E-state index contributed by atoms with van der Waals surface area (Å²) in [5.74, 6) is -3.06. The van der Waals surface area contributed by atoms with Crippen LogP contribution in [0.2, 0.25) is 0 Å². The van der Waals surface area contributed by atoms with E-state index in [1.54, 1.807) is 13.8 Å². The molecule has 0 radical (unpaired) electrons. The van der Waals surface area contributed by atoms with Gasteiger partial charge < -0.3 is 18.9 Å². The van der Waals surface area contributed by atoms with Crippen LogP contribution in [0.4, 0.5) is 18.4 Å². The molecule has 0 amide bonds. The average molecular weight is 282 g/mol. The zero-order chi connectivity index (χ0) is 14.5. The molecule has 8 heteroatoms. The first-order valence-corrected chi connectivity index (χ1v) is 5.92. The van der Waals surface area contributed by atoms with E-state index in [2.05, 4.69) is 9.47 Å². The van der Waals surface area contributed by atoms with Gasteiger partial charge in [-0.1, -0.05) is 0 Å². The summed E-state index contributed by atoms with van der Waals surface area (Å²) in [6, 6.07) is 0. The van der Waals surface area contributed by atoms with E-state index in [9.17, 15) is 18.4 Å². The minimum absolute atomic E-state index is 0.0609. The molecule has 0 aromatic carbocycles. The first kappa shape index (κ1) is 15.5. The van der Waals surface area contributed by atoms with Crippen molar-refractivity contribution in [2.45, 2.75) is 44.8 Å². The van der Waals surface area contributed by atoms with Gasteiger partial charge in [-0.3, -0.25) is 0 Å². The predicted octanol–water partition coefficient (Wildman–Crippen LogP) is 2.50. The lowest BCUT2D eigenvalue weighted by molar-refractivity contribution is -0.0415. The molecule has 1 fully saturated rings. The molecule has 1 aliphatic rings. The van der Waals surface area contributed by atoms with Gasteiger partial charge in [0, 0.05) is 0 Å². The SMILES string of the molecule is CCOC(=O)OC1CC(F)(F)CC1OC(=O)OCC. The lowest BCUT2D eigenvalue weighted by Crippen LogP contribution is -2.31. The standard InChI is InChI=1S/C11H16F2O6/c1-3-16-9(14)18-7-5-11(12,13)6-8(7)19-10(15)17-4-2/h7-8H,3-6H2,1-2H3. The fraction of sp³-hybridized carbons (Fsp3) is 0.818. The van der Waals surface area contributed by atoms with Crippen molar-refractivity contribution in [3.63, 3.8) is 0 Å². The van der Waals surface area contributed by atoms with Crippen LogP contribution >= 0.6 is 0 Å². The quantitative estimate of drug-likeness (QED) is 0.738. The second kappa shape index (κ2) is 6.53. The molecule has 19 heavy (non-hydrogen) atoms. The summed E-state index contributed by atoms with van der Waals surface area (Å²) < 4.78 is 44.9. The number of hydrogen-bond acceptors (Lipinski definition) is 6. The van der Waals surface area contributed by atoms with Crippen molar-refractivity contribution >= 4 is 12.3 Å². The molecule has 0 aliphatic heterocycles. The second-order valence-corrected chi connectivity index (χ2v) is 3.94. The van der Waals surface area contributed by atoms with Gasteiger partial charge in [0.25, 0.3) is 5.92 Å². The Morgan fingerprint density at radius 3 is 1.68 bits per heavy atom. The molecule has 0 bridgehead atoms. The molecule has 1 rings (SSSR count). The van der Waals surface area contributed by atoms with Crippen LogP contribution in [0, 0.1) is 0 Å². The van der Waals surface area contributed by atoms with E-state index in [0.717, 1.165) is 0 Å². The number of carbonyl (C=O) groups excluding carboxylic acids is 2. The number of halogens is 2. The third-order valence-electron chi connectivity index (χ3n) is 2.43. The first-order chi connectivity index (χ1) is 8.88. The van der Waals surface area contributed by atoms with E-state index in [4.69, 9.17) is 9.47 Å². The smallest absolute Gasteiger partial charge is 0.435 e. The fourth-order valence-electron chi connectivity index (χ4n) is 1.72. The van der Waals surface area contributed by atoms with Gasteiger partial charge in [0.05, 0.1) is 26.1 Å². The Hall–Kier alpha value is -1.60. The third kappa shape index (κ3) is 4.88. The Balaban J connectivity index is 2.59. The molecule has 2 atom stereocenters. The van der Waals surface area contributed by atoms with Gasteiger partial charge in [0.15, 0.2) is 0 Å². The topological polar surface area (TPSA) is 71.1 Å². The fourth-order valence-corrected chi connectivity index (χ4v) is 1.72. The van der Waals surface area contributed by atoms with Crippen LogP contribution in [0.15, 0.2) is 0 Å². The third-order valence-corrected chi connectivity index (χ3v) is 2.43. The van der Waals surface area contributed by atoms with Crippen LogP contribution in [-0.2, 0) is 18.9 Å². The highest BCUT2D eigenvalue weighted by Gasteiger charge is 2.51. The average Bonchev–Trinajstić information content (AvgIpc) is 2.53. The minimum Gasteiger partial charge on any atom is -0.435 e. The van der Waals surface area contributed by atoms with Crippen LogP contribution in [0.3, 0.4) is 0 Å². The van der Waals surface area contributed by atoms with Gasteiger partial charge in [0.1, 0.15) is 12.2 Å². The van der Waals surface area contributed by atoms with Gasteiger partial charge in [-0.15, -0.1) is 0 Å². The molecule has 1 aliphatic carbocycles. The van der Waals surface area contributed by atoms with Crippen molar-refractivity contribution in [1.82, 2.24) is 0 Å². The molecule has 0 N–H and O–H groups in total. The van der Waals surface area contributed by atoms with Crippen molar-refractivity contribution in [3.8, 4) is 0 Å². The van der Waals surface area contributed by atoms with E-state index in [-0.39, 0.29) is 13.2 Å².